The van der Waals surface area contributed by atoms with Crippen LogP contribution in [0.3, 0.4) is 0 Å². The van der Waals surface area contributed by atoms with Crippen LogP contribution in [0.15, 0.2) is 0 Å². The molecule has 0 saturated carbocycles. The molecule has 4 heteroatoms. The molecule has 0 bridgehead atoms. The Morgan fingerprint density at radius 3 is 2.67 bits per heavy atom. The Labute approximate surface area is 92.4 Å². The fourth-order valence-electron chi connectivity index (χ4n) is 1.25. The van der Waals surface area contributed by atoms with Gasteiger partial charge in [0.15, 0.2) is 0 Å². The average Bonchev–Trinajstić information content (AvgIpc) is 2.18. The maximum atomic E-state index is 11.2. The molecule has 0 aliphatic carbocycles. The van der Waals surface area contributed by atoms with E-state index in [2.05, 4.69) is 17.6 Å². The predicted octanol–water partition coefficient (Wildman–Crippen LogP) is 0.653. The summed E-state index contributed by atoms with van der Waals surface area (Å²) in [5.41, 5.74) is 0. The van der Waals surface area contributed by atoms with Gasteiger partial charge in [-0.1, -0.05) is 26.7 Å². The topological polar surface area (TPSA) is 61.4 Å². The minimum Gasteiger partial charge on any atom is -0.392 e. The van der Waals surface area contributed by atoms with Crippen LogP contribution in [0.5, 0.6) is 0 Å². The lowest BCUT2D eigenvalue weighted by Gasteiger charge is -2.10. The van der Waals surface area contributed by atoms with Crippen molar-refractivity contribution in [2.45, 2.75) is 45.6 Å². The second-order valence-electron chi connectivity index (χ2n) is 3.78. The van der Waals surface area contributed by atoms with Crippen LogP contribution in [-0.4, -0.2) is 36.8 Å². The second-order valence-corrected chi connectivity index (χ2v) is 3.78. The van der Waals surface area contributed by atoms with Crippen LogP contribution in [0.1, 0.15) is 39.5 Å². The van der Waals surface area contributed by atoms with Crippen LogP contribution < -0.4 is 10.6 Å². The van der Waals surface area contributed by atoms with Crippen molar-refractivity contribution in [2.75, 3.05) is 19.6 Å². The molecule has 1 amide bonds. The zero-order chi connectivity index (χ0) is 11.5. The number of hydrogen-bond acceptors (Lipinski definition) is 3. The van der Waals surface area contributed by atoms with E-state index < -0.39 is 0 Å². The molecule has 0 heterocycles. The molecule has 0 saturated heterocycles. The first-order valence-corrected chi connectivity index (χ1v) is 5.86. The molecule has 0 aromatic rings. The van der Waals surface area contributed by atoms with Gasteiger partial charge in [-0.2, -0.15) is 0 Å². The lowest BCUT2D eigenvalue weighted by Crippen LogP contribution is -2.37. The Morgan fingerprint density at radius 1 is 1.33 bits per heavy atom. The highest BCUT2D eigenvalue weighted by Gasteiger charge is 2.03. The lowest BCUT2D eigenvalue weighted by molar-refractivity contribution is -0.120. The van der Waals surface area contributed by atoms with E-state index in [1.165, 1.54) is 0 Å². The van der Waals surface area contributed by atoms with Crippen LogP contribution in [0, 0.1) is 0 Å². The molecule has 0 spiro atoms. The third-order valence-corrected chi connectivity index (χ3v) is 2.14. The van der Waals surface area contributed by atoms with Gasteiger partial charge in [0.05, 0.1) is 12.6 Å². The molecule has 3 N–H and O–H groups in total. The fraction of sp³-hybridized carbons (Fsp3) is 0.909. The van der Waals surface area contributed by atoms with Crippen molar-refractivity contribution in [2.24, 2.45) is 0 Å². The molecular formula is C11H24N2O2. The van der Waals surface area contributed by atoms with E-state index in [9.17, 15) is 9.90 Å². The maximum Gasteiger partial charge on any atom is 0.233 e. The molecule has 0 radical (unpaired) electrons. The molecule has 90 valence electrons. The van der Waals surface area contributed by atoms with E-state index in [1.807, 2.05) is 6.92 Å². The molecule has 15 heavy (non-hydrogen) atoms. The normalized spacial score (nSPS) is 12.5. The van der Waals surface area contributed by atoms with Gasteiger partial charge in [0.1, 0.15) is 0 Å². The number of unbranched alkanes of at least 4 members (excludes halogenated alkanes) is 1. The van der Waals surface area contributed by atoms with Gasteiger partial charge in [-0.05, 0) is 12.8 Å². The van der Waals surface area contributed by atoms with Crippen molar-refractivity contribution in [3.63, 3.8) is 0 Å². The van der Waals surface area contributed by atoms with Gasteiger partial charge in [-0.25, -0.2) is 0 Å². The summed E-state index contributed by atoms with van der Waals surface area (Å²) in [5.74, 6) is 0.00662. The minimum absolute atomic E-state index is 0.00662. The Balaban J connectivity index is 3.30. The standard InChI is InChI=1S/C11H24N2O2/c1-3-5-7-13-11(15)9-12-8-10(14)6-4-2/h10,12,14H,3-9H2,1-2H3,(H,13,15). The van der Waals surface area contributed by atoms with Crippen LogP contribution in [0.4, 0.5) is 0 Å². The first kappa shape index (κ1) is 14.4. The summed E-state index contributed by atoms with van der Waals surface area (Å²) in [7, 11) is 0. The van der Waals surface area contributed by atoms with Crippen molar-refractivity contribution in [1.29, 1.82) is 0 Å². The molecule has 4 nitrogen and oxygen atoms in total. The molecule has 0 fully saturated rings. The second kappa shape index (κ2) is 9.93. The SMILES string of the molecule is CCCCNC(=O)CNCC(O)CCC. The summed E-state index contributed by atoms with van der Waals surface area (Å²) >= 11 is 0. The number of carbonyl (C=O) groups excluding carboxylic acids is 1. The quantitative estimate of drug-likeness (QED) is 0.496. The molecule has 0 aliphatic heterocycles. The zero-order valence-electron chi connectivity index (χ0n) is 9.88. The lowest BCUT2D eigenvalue weighted by atomic mass is 10.2. The first-order chi connectivity index (χ1) is 7.20. The van der Waals surface area contributed by atoms with Crippen LogP contribution in [0.25, 0.3) is 0 Å². The Bertz CT molecular complexity index is 163. The number of carbonyl (C=O) groups is 1. The Kier molecular flexibility index (Phi) is 9.52. The predicted molar refractivity (Wildman–Crippen MR) is 61.7 cm³/mol. The number of amides is 1. The number of aliphatic hydroxyl groups excluding tert-OH is 1. The summed E-state index contributed by atoms with van der Waals surface area (Å²) in [5, 5.41) is 15.1. The number of aliphatic hydroxyl groups is 1. The fourth-order valence-corrected chi connectivity index (χ4v) is 1.25. The van der Waals surface area contributed by atoms with E-state index in [1.54, 1.807) is 0 Å². The smallest absolute Gasteiger partial charge is 0.233 e. The average molecular weight is 216 g/mol. The summed E-state index contributed by atoms with van der Waals surface area (Å²) < 4.78 is 0. The Morgan fingerprint density at radius 2 is 2.07 bits per heavy atom. The molecule has 0 aromatic carbocycles. The first-order valence-electron chi connectivity index (χ1n) is 5.86. The highest BCUT2D eigenvalue weighted by Crippen LogP contribution is 1.93. The summed E-state index contributed by atoms with van der Waals surface area (Å²) in [6.45, 7) is 5.65. The third kappa shape index (κ3) is 9.69. The summed E-state index contributed by atoms with van der Waals surface area (Å²) in [4.78, 5) is 11.2. The van der Waals surface area contributed by atoms with E-state index >= 15 is 0 Å². The minimum atomic E-state index is -0.335. The van der Waals surface area contributed by atoms with Gasteiger partial charge >= 0.3 is 0 Å². The monoisotopic (exact) mass is 216 g/mol. The number of rotatable bonds is 9. The third-order valence-electron chi connectivity index (χ3n) is 2.14. The highest BCUT2D eigenvalue weighted by atomic mass is 16.3. The van der Waals surface area contributed by atoms with Crippen LogP contribution >= 0.6 is 0 Å². The van der Waals surface area contributed by atoms with Crippen molar-refractivity contribution in [3.8, 4) is 0 Å². The van der Waals surface area contributed by atoms with E-state index in [0.29, 0.717) is 13.1 Å². The van der Waals surface area contributed by atoms with Crippen LogP contribution in [-0.2, 0) is 4.79 Å². The van der Waals surface area contributed by atoms with Crippen molar-refractivity contribution in [1.82, 2.24) is 10.6 Å². The maximum absolute atomic E-state index is 11.2. The van der Waals surface area contributed by atoms with Gasteiger partial charge in [0.2, 0.25) is 5.91 Å². The van der Waals surface area contributed by atoms with Gasteiger partial charge in [-0.15, -0.1) is 0 Å². The Hall–Kier alpha value is -0.610. The van der Waals surface area contributed by atoms with E-state index in [0.717, 1.165) is 32.2 Å². The molecular weight excluding hydrogens is 192 g/mol. The van der Waals surface area contributed by atoms with Crippen molar-refractivity contribution < 1.29 is 9.90 Å². The number of nitrogens with one attached hydrogen (secondary N) is 2. The van der Waals surface area contributed by atoms with Gasteiger partial charge < -0.3 is 15.7 Å². The zero-order valence-corrected chi connectivity index (χ0v) is 9.88. The van der Waals surface area contributed by atoms with Crippen molar-refractivity contribution >= 4 is 5.91 Å². The molecule has 1 atom stereocenters. The van der Waals surface area contributed by atoms with E-state index in [-0.39, 0.29) is 12.0 Å². The van der Waals surface area contributed by atoms with Crippen LogP contribution in [0.2, 0.25) is 0 Å². The van der Waals surface area contributed by atoms with Gasteiger partial charge in [0, 0.05) is 13.1 Å². The molecule has 0 rings (SSSR count). The number of hydrogen-bond donors (Lipinski definition) is 3. The highest BCUT2D eigenvalue weighted by molar-refractivity contribution is 5.77. The van der Waals surface area contributed by atoms with Gasteiger partial charge in [0.25, 0.3) is 0 Å². The largest absolute Gasteiger partial charge is 0.392 e. The molecule has 1 unspecified atom stereocenters. The van der Waals surface area contributed by atoms with Crippen molar-refractivity contribution in [3.05, 3.63) is 0 Å². The molecule has 0 aliphatic rings. The van der Waals surface area contributed by atoms with Gasteiger partial charge in [-0.3, -0.25) is 4.79 Å². The van der Waals surface area contributed by atoms with E-state index in [4.69, 9.17) is 0 Å². The summed E-state index contributed by atoms with van der Waals surface area (Å²) in [6, 6.07) is 0. The molecule has 0 aromatic heterocycles. The summed E-state index contributed by atoms with van der Waals surface area (Å²) in [6.07, 6.45) is 3.52.